The first kappa shape index (κ1) is 10.8. The smallest absolute Gasteiger partial charge is 0.205 e. The molecule has 0 atom stereocenters. The molecule has 0 spiro atoms. The van der Waals surface area contributed by atoms with Gasteiger partial charge < -0.3 is 5.32 Å². The zero-order chi connectivity index (χ0) is 10.7. The number of anilines is 1. The van der Waals surface area contributed by atoms with Crippen molar-refractivity contribution in [1.82, 2.24) is 15.1 Å². The van der Waals surface area contributed by atoms with E-state index in [1.54, 1.807) is 11.3 Å². The molecule has 0 aliphatic carbocycles. The van der Waals surface area contributed by atoms with Crippen LogP contribution >= 0.6 is 11.3 Å². The van der Waals surface area contributed by atoms with Gasteiger partial charge >= 0.3 is 0 Å². The Morgan fingerprint density at radius 1 is 1.40 bits per heavy atom. The molecule has 84 valence electrons. The van der Waals surface area contributed by atoms with Gasteiger partial charge in [0, 0.05) is 7.05 Å². The summed E-state index contributed by atoms with van der Waals surface area (Å²) < 4.78 is 0. The van der Waals surface area contributed by atoms with E-state index in [1.165, 1.54) is 25.9 Å². The normalized spacial score (nSPS) is 19.3. The molecule has 1 saturated heterocycles. The lowest BCUT2D eigenvalue weighted by molar-refractivity contribution is 0.185. The van der Waals surface area contributed by atoms with Crippen molar-refractivity contribution >= 4 is 16.5 Å². The maximum Gasteiger partial charge on any atom is 0.205 e. The maximum absolute atomic E-state index is 4.16. The van der Waals surface area contributed by atoms with E-state index in [9.17, 15) is 0 Å². The fourth-order valence-electron chi connectivity index (χ4n) is 1.83. The molecule has 1 aliphatic heterocycles. The van der Waals surface area contributed by atoms with Gasteiger partial charge in [0.25, 0.3) is 0 Å². The molecule has 1 N–H and O–H groups in total. The molecular weight excluding hydrogens is 208 g/mol. The first-order chi connectivity index (χ1) is 7.28. The summed E-state index contributed by atoms with van der Waals surface area (Å²) in [5.74, 6) is 0.892. The number of rotatable bonds is 3. The lowest BCUT2D eigenvalue weighted by Crippen LogP contribution is -2.32. The van der Waals surface area contributed by atoms with Gasteiger partial charge in [0.15, 0.2) is 0 Å². The average molecular weight is 226 g/mol. The van der Waals surface area contributed by atoms with Crippen molar-refractivity contribution in [3.05, 3.63) is 5.01 Å². The number of likely N-dealkylation sites (tertiary alicyclic amines) is 1. The highest BCUT2D eigenvalue weighted by molar-refractivity contribution is 7.15. The molecule has 1 aliphatic rings. The van der Waals surface area contributed by atoms with Gasteiger partial charge in [0.05, 0.1) is 6.54 Å². The summed E-state index contributed by atoms with van der Waals surface area (Å²) in [4.78, 5) is 2.47. The van der Waals surface area contributed by atoms with Crippen LogP contribution in [0.3, 0.4) is 0 Å². The van der Waals surface area contributed by atoms with Gasteiger partial charge in [-0.15, -0.1) is 10.2 Å². The minimum absolute atomic E-state index is 0.892. The Kier molecular flexibility index (Phi) is 3.53. The lowest BCUT2D eigenvalue weighted by Gasteiger charge is -2.29. The van der Waals surface area contributed by atoms with E-state index in [0.717, 1.165) is 22.6 Å². The van der Waals surface area contributed by atoms with Crippen molar-refractivity contribution in [2.75, 3.05) is 25.5 Å². The van der Waals surface area contributed by atoms with E-state index in [1.807, 2.05) is 7.05 Å². The molecule has 0 radical (unpaired) electrons. The van der Waals surface area contributed by atoms with Gasteiger partial charge in [-0.1, -0.05) is 18.3 Å². The van der Waals surface area contributed by atoms with Crippen LogP contribution in [0.5, 0.6) is 0 Å². The Balaban J connectivity index is 1.86. The van der Waals surface area contributed by atoms with Gasteiger partial charge in [-0.3, -0.25) is 4.90 Å². The minimum atomic E-state index is 0.892. The zero-order valence-corrected chi connectivity index (χ0v) is 10.2. The number of piperidine rings is 1. The molecule has 1 fully saturated rings. The molecule has 2 heterocycles. The van der Waals surface area contributed by atoms with E-state index >= 15 is 0 Å². The summed E-state index contributed by atoms with van der Waals surface area (Å²) in [5.41, 5.74) is 0. The quantitative estimate of drug-likeness (QED) is 0.853. The predicted octanol–water partition coefficient (Wildman–Crippen LogP) is 1.81. The third-order valence-corrected chi connectivity index (χ3v) is 3.84. The van der Waals surface area contributed by atoms with Gasteiger partial charge in [-0.2, -0.15) is 0 Å². The van der Waals surface area contributed by atoms with Gasteiger partial charge in [0.1, 0.15) is 5.01 Å². The van der Waals surface area contributed by atoms with E-state index in [4.69, 9.17) is 0 Å². The number of nitrogens with zero attached hydrogens (tertiary/aromatic N) is 3. The number of hydrogen-bond donors (Lipinski definition) is 1. The fraction of sp³-hybridized carbons (Fsp3) is 0.800. The predicted molar refractivity (Wildman–Crippen MR) is 63.1 cm³/mol. The monoisotopic (exact) mass is 226 g/mol. The third kappa shape index (κ3) is 2.89. The Hall–Kier alpha value is -0.680. The molecule has 0 bridgehead atoms. The van der Waals surface area contributed by atoms with Gasteiger partial charge in [-0.05, 0) is 31.8 Å². The Morgan fingerprint density at radius 3 is 2.73 bits per heavy atom. The molecule has 1 aromatic heterocycles. The van der Waals surface area contributed by atoms with E-state index in [2.05, 4.69) is 27.3 Å². The summed E-state index contributed by atoms with van der Waals surface area (Å²) in [6, 6.07) is 0. The molecule has 0 aromatic carbocycles. The average Bonchev–Trinajstić information content (AvgIpc) is 2.69. The summed E-state index contributed by atoms with van der Waals surface area (Å²) >= 11 is 1.65. The van der Waals surface area contributed by atoms with Crippen LogP contribution in [0.25, 0.3) is 0 Å². The Morgan fingerprint density at radius 2 is 2.13 bits per heavy atom. The summed E-state index contributed by atoms with van der Waals surface area (Å²) in [6.07, 6.45) is 2.63. The zero-order valence-electron chi connectivity index (χ0n) is 9.36. The number of aromatic nitrogens is 2. The first-order valence-corrected chi connectivity index (χ1v) is 6.32. The molecular formula is C10H18N4S. The van der Waals surface area contributed by atoms with Crippen molar-refractivity contribution < 1.29 is 0 Å². The summed E-state index contributed by atoms with van der Waals surface area (Å²) in [7, 11) is 1.88. The lowest BCUT2D eigenvalue weighted by atomic mass is 9.99. The Labute approximate surface area is 94.7 Å². The SMILES string of the molecule is CNc1nnc(CN2CCC(C)CC2)s1. The van der Waals surface area contributed by atoms with Crippen LogP contribution in [-0.2, 0) is 6.54 Å². The van der Waals surface area contributed by atoms with Crippen LogP contribution < -0.4 is 5.32 Å². The molecule has 15 heavy (non-hydrogen) atoms. The fourth-order valence-corrected chi connectivity index (χ4v) is 2.57. The van der Waals surface area contributed by atoms with Crippen LogP contribution in [0.1, 0.15) is 24.8 Å². The van der Waals surface area contributed by atoms with Crippen LogP contribution in [0.4, 0.5) is 5.13 Å². The van der Waals surface area contributed by atoms with Crippen LogP contribution in [0.2, 0.25) is 0 Å². The van der Waals surface area contributed by atoms with Crippen LogP contribution in [-0.4, -0.2) is 35.2 Å². The van der Waals surface area contributed by atoms with Gasteiger partial charge in [-0.25, -0.2) is 0 Å². The second-order valence-electron chi connectivity index (χ2n) is 4.21. The summed E-state index contributed by atoms with van der Waals surface area (Å²) in [5, 5.41) is 13.3. The number of nitrogens with one attached hydrogen (secondary N) is 1. The second-order valence-corrected chi connectivity index (χ2v) is 5.27. The molecule has 0 unspecified atom stereocenters. The number of hydrogen-bond acceptors (Lipinski definition) is 5. The largest absolute Gasteiger partial charge is 0.363 e. The van der Waals surface area contributed by atoms with Crippen molar-refractivity contribution in [3.8, 4) is 0 Å². The molecule has 0 amide bonds. The van der Waals surface area contributed by atoms with Crippen LogP contribution in [0, 0.1) is 5.92 Å². The topological polar surface area (TPSA) is 41.1 Å². The first-order valence-electron chi connectivity index (χ1n) is 5.50. The highest BCUT2D eigenvalue weighted by atomic mass is 32.1. The van der Waals surface area contributed by atoms with Crippen molar-refractivity contribution in [3.63, 3.8) is 0 Å². The molecule has 1 aromatic rings. The van der Waals surface area contributed by atoms with Crippen molar-refractivity contribution in [2.24, 2.45) is 5.92 Å². The second kappa shape index (κ2) is 4.90. The standard InChI is InChI=1S/C10H18N4S/c1-8-3-5-14(6-4-8)7-9-12-13-10(11-2)15-9/h8H,3-7H2,1-2H3,(H,11,13). The van der Waals surface area contributed by atoms with Crippen molar-refractivity contribution in [2.45, 2.75) is 26.3 Å². The molecule has 0 saturated carbocycles. The van der Waals surface area contributed by atoms with E-state index in [0.29, 0.717) is 0 Å². The third-order valence-electron chi connectivity index (χ3n) is 2.92. The minimum Gasteiger partial charge on any atom is -0.363 e. The van der Waals surface area contributed by atoms with Gasteiger partial charge in [0.2, 0.25) is 5.13 Å². The van der Waals surface area contributed by atoms with Crippen molar-refractivity contribution in [1.29, 1.82) is 0 Å². The molecule has 4 nitrogen and oxygen atoms in total. The van der Waals surface area contributed by atoms with Crippen LogP contribution in [0.15, 0.2) is 0 Å². The molecule has 5 heteroatoms. The van der Waals surface area contributed by atoms with E-state index < -0.39 is 0 Å². The highest BCUT2D eigenvalue weighted by Gasteiger charge is 2.17. The molecule has 2 rings (SSSR count). The highest BCUT2D eigenvalue weighted by Crippen LogP contribution is 2.20. The maximum atomic E-state index is 4.16. The summed E-state index contributed by atoms with van der Waals surface area (Å²) in [6.45, 7) is 5.71. The van der Waals surface area contributed by atoms with E-state index in [-0.39, 0.29) is 0 Å². The Bertz CT molecular complexity index is 304.